The van der Waals surface area contributed by atoms with Crippen LogP contribution in [0.2, 0.25) is 0 Å². The monoisotopic (exact) mass is 370 g/mol. The first-order valence-corrected chi connectivity index (χ1v) is 9.83. The molecule has 1 heterocycles. The lowest BCUT2D eigenvalue weighted by Crippen LogP contribution is -2.50. The number of hydrogen-bond acceptors (Lipinski definition) is 4. The first kappa shape index (κ1) is 20.9. The summed E-state index contributed by atoms with van der Waals surface area (Å²) < 4.78 is 0. The number of nitrogens with one attached hydrogen (secondary N) is 2. The highest BCUT2D eigenvalue weighted by Crippen LogP contribution is 2.18. The Morgan fingerprint density at radius 3 is 2.52 bits per heavy atom. The molecule has 2 N–H and O–H groups in total. The van der Waals surface area contributed by atoms with E-state index in [9.17, 15) is 9.59 Å². The fourth-order valence-corrected chi connectivity index (χ4v) is 3.47. The number of rotatable bonds is 9. The van der Waals surface area contributed by atoms with Crippen molar-refractivity contribution in [3.63, 3.8) is 0 Å². The van der Waals surface area contributed by atoms with Crippen LogP contribution in [0.25, 0.3) is 0 Å². The van der Waals surface area contributed by atoms with Gasteiger partial charge in [0.15, 0.2) is 0 Å². The molecule has 6 heteroatoms. The highest BCUT2D eigenvalue weighted by molar-refractivity contribution is 5.94. The van der Waals surface area contributed by atoms with Gasteiger partial charge in [0.2, 0.25) is 5.91 Å². The minimum atomic E-state index is -0.0908. The number of benzene rings is 1. The van der Waals surface area contributed by atoms with Crippen LogP contribution in [-0.2, 0) is 4.79 Å². The predicted octanol–water partition coefficient (Wildman–Crippen LogP) is 2.67. The van der Waals surface area contributed by atoms with Gasteiger partial charge in [-0.3, -0.25) is 14.5 Å². The molecule has 1 saturated heterocycles. The SMILES string of the molecule is CC(CCC(NC(=O)c1ccccc1)N1CCCCC1)CC(=O)NCC#N. The van der Waals surface area contributed by atoms with Gasteiger partial charge < -0.3 is 10.6 Å². The topological polar surface area (TPSA) is 85.2 Å². The molecule has 2 atom stereocenters. The molecule has 1 aromatic rings. The highest BCUT2D eigenvalue weighted by atomic mass is 16.2. The molecule has 0 spiro atoms. The van der Waals surface area contributed by atoms with Crippen LogP contribution in [0.15, 0.2) is 30.3 Å². The van der Waals surface area contributed by atoms with Crippen molar-refractivity contribution in [2.75, 3.05) is 19.6 Å². The smallest absolute Gasteiger partial charge is 0.252 e. The Morgan fingerprint density at radius 1 is 1.15 bits per heavy atom. The van der Waals surface area contributed by atoms with E-state index in [1.165, 1.54) is 6.42 Å². The number of nitrogens with zero attached hydrogens (tertiary/aromatic N) is 2. The number of carbonyl (C=O) groups is 2. The molecule has 0 aromatic heterocycles. The number of amides is 2. The molecule has 1 fully saturated rings. The maximum absolute atomic E-state index is 12.6. The number of piperidine rings is 1. The van der Waals surface area contributed by atoms with Crippen LogP contribution in [0.3, 0.4) is 0 Å². The van der Waals surface area contributed by atoms with Gasteiger partial charge in [0.25, 0.3) is 5.91 Å². The summed E-state index contributed by atoms with van der Waals surface area (Å²) in [7, 11) is 0. The van der Waals surface area contributed by atoms with Gasteiger partial charge in [0, 0.05) is 25.1 Å². The average molecular weight is 370 g/mol. The summed E-state index contributed by atoms with van der Waals surface area (Å²) in [5.41, 5.74) is 0.670. The van der Waals surface area contributed by atoms with Gasteiger partial charge in [0.1, 0.15) is 6.54 Å². The Hall–Kier alpha value is -2.39. The van der Waals surface area contributed by atoms with Crippen LogP contribution >= 0.6 is 0 Å². The Labute approximate surface area is 161 Å². The predicted molar refractivity (Wildman–Crippen MR) is 105 cm³/mol. The van der Waals surface area contributed by atoms with Gasteiger partial charge in [0.05, 0.1) is 12.2 Å². The van der Waals surface area contributed by atoms with Gasteiger partial charge in [-0.15, -0.1) is 0 Å². The maximum atomic E-state index is 12.6. The number of hydrogen-bond donors (Lipinski definition) is 2. The van der Waals surface area contributed by atoms with Crippen LogP contribution < -0.4 is 10.6 Å². The van der Waals surface area contributed by atoms with Crippen LogP contribution in [0, 0.1) is 17.2 Å². The Morgan fingerprint density at radius 2 is 1.85 bits per heavy atom. The van der Waals surface area contributed by atoms with Crippen LogP contribution in [-0.4, -0.2) is 42.5 Å². The fourth-order valence-electron chi connectivity index (χ4n) is 3.47. The van der Waals surface area contributed by atoms with Gasteiger partial charge in [-0.25, -0.2) is 0 Å². The van der Waals surface area contributed by atoms with E-state index in [1.54, 1.807) is 0 Å². The van der Waals surface area contributed by atoms with E-state index in [2.05, 4.69) is 15.5 Å². The zero-order valence-electron chi connectivity index (χ0n) is 16.1. The molecule has 2 amide bonds. The lowest BCUT2D eigenvalue weighted by Gasteiger charge is -2.35. The molecular weight excluding hydrogens is 340 g/mol. The van der Waals surface area contributed by atoms with Crippen molar-refractivity contribution < 1.29 is 9.59 Å². The van der Waals surface area contributed by atoms with Gasteiger partial charge >= 0.3 is 0 Å². The molecule has 0 saturated carbocycles. The standard InChI is InChI=1S/C21H30N4O2/c1-17(16-20(26)23-13-12-22)10-11-19(25-14-6-3-7-15-25)24-21(27)18-8-4-2-5-9-18/h2,4-5,8-9,17,19H,3,6-7,10-11,13-16H2,1H3,(H,23,26)(H,24,27). The summed E-state index contributed by atoms with van der Waals surface area (Å²) in [5, 5.41) is 14.3. The molecule has 6 nitrogen and oxygen atoms in total. The molecule has 146 valence electrons. The second-order valence-electron chi connectivity index (χ2n) is 7.27. The third-order valence-electron chi connectivity index (χ3n) is 5.00. The van der Waals surface area contributed by atoms with Crippen LogP contribution in [0.4, 0.5) is 0 Å². The summed E-state index contributed by atoms with van der Waals surface area (Å²) in [6, 6.07) is 11.2. The second-order valence-corrected chi connectivity index (χ2v) is 7.27. The minimum Gasteiger partial charge on any atom is -0.343 e. The number of nitriles is 1. The van der Waals surface area contributed by atoms with Crippen LogP contribution in [0.1, 0.15) is 55.8 Å². The van der Waals surface area contributed by atoms with E-state index in [0.29, 0.717) is 12.0 Å². The van der Waals surface area contributed by atoms with Gasteiger partial charge in [-0.1, -0.05) is 31.5 Å². The first-order valence-electron chi connectivity index (χ1n) is 9.83. The van der Waals surface area contributed by atoms with Crippen molar-refractivity contribution in [3.8, 4) is 6.07 Å². The second kappa shape index (κ2) is 11.3. The van der Waals surface area contributed by atoms with E-state index < -0.39 is 0 Å². The largest absolute Gasteiger partial charge is 0.343 e. The van der Waals surface area contributed by atoms with E-state index in [-0.39, 0.29) is 30.4 Å². The van der Waals surface area contributed by atoms with E-state index >= 15 is 0 Å². The summed E-state index contributed by atoms with van der Waals surface area (Å²) in [4.78, 5) is 26.7. The average Bonchev–Trinajstić information content (AvgIpc) is 2.70. The third-order valence-corrected chi connectivity index (χ3v) is 5.00. The van der Waals surface area contributed by atoms with E-state index in [1.807, 2.05) is 43.3 Å². The third kappa shape index (κ3) is 7.40. The Kier molecular flexibility index (Phi) is 8.79. The molecule has 1 aliphatic heterocycles. The first-order chi connectivity index (χ1) is 13.1. The van der Waals surface area contributed by atoms with Crippen molar-refractivity contribution in [3.05, 3.63) is 35.9 Å². The molecule has 27 heavy (non-hydrogen) atoms. The highest BCUT2D eigenvalue weighted by Gasteiger charge is 2.23. The summed E-state index contributed by atoms with van der Waals surface area (Å²) in [5.74, 6) is 0.0575. The molecule has 0 radical (unpaired) electrons. The maximum Gasteiger partial charge on any atom is 0.252 e. The Balaban J connectivity index is 1.91. The summed E-state index contributed by atoms with van der Waals surface area (Å²) in [6.07, 6.45) is 5.60. The molecule has 1 aliphatic rings. The van der Waals surface area contributed by atoms with E-state index in [4.69, 9.17) is 5.26 Å². The molecule has 2 unspecified atom stereocenters. The van der Waals surface area contributed by atoms with Crippen LogP contribution in [0.5, 0.6) is 0 Å². The molecule has 1 aromatic carbocycles. The fraction of sp³-hybridized carbons (Fsp3) is 0.571. The van der Waals surface area contributed by atoms with Gasteiger partial charge in [-0.2, -0.15) is 5.26 Å². The van der Waals surface area contributed by atoms with Crippen molar-refractivity contribution in [1.82, 2.24) is 15.5 Å². The van der Waals surface area contributed by atoms with Crippen molar-refractivity contribution >= 4 is 11.8 Å². The van der Waals surface area contributed by atoms with Crippen molar-refractivity contribution in [2.24, 2.45) is 5.92 Å². The zero-order chi connectivity index (χ0) is 19.5. The van der Waals surface area contributed by atoms with Crippen molar-refractivity contribution in [2.45, 2.75) is 51.6 Å². The lowest BCUT2D eigenvalue weighted by molar-refractivity contribution is -0.121. The zero-order valence-corrected chi connectivity index (χ0v) is 16.1. The molecule has 0 bridgehead atoms. The number of carbonyl (C=O) groups excluding carboxylic acids is 2. The summed E-state index contributed by atoms with van der Waals surface area (Å²) >= 11 is 0. The normalized spacial score (nSPS) is 16.7. The Bertz CT molecular complexity index is 635. The molecule has 2 rings (SSSR count). The summed E-state index contributed by atoms with van der Waals surface area (Å²) in [6.45, 7) is 4.08. The van der Waals surface area contributed by atoms with E-state index in [0.717, 1.165) is 38.8 Å². The van der Waals surface area contributed by atoms with Crippen molar-refractivity contribution in [1.29, 1.82) is 5.26 Å². The molecule has 0 aliphatic carbocycles. The minimum absolute atomic E-state index is 0.0115. The van der Waals surface area contributed by atoms with Gasteiger partial charge in [-0.05, 0) is 43.7 Å². The molecular formula is C21H30N4O2. The lowest BCUT2D eigenvalue weighted by atomic mass is 9.99. The number of likely N-dealkylation sites (tertiary alicyclic amines) is 1. The quantitative estimate of drug-likeness (QED) is 0.655.